The standard InChI is InChI=1S/C12H14BrNO4/c1-16-9-5-7(6-10(17-2)11(9)13)8-3-4-18-12(15)14-8/h5-6,8H,3-4H2,1-2H3,(H,14,15)/t8-/m0/s1. The molecule has 2 rings (SSSR count). The molecule has 1 aromatic carbocycles. The van der Waals surface area contributed by atoms with Crippen LogP contribution in [0.25, 0.3) is 0 Å². The molecule has 1 heterocycles. The van der Waals surface area contributed by atoms with Crippen LogP contribution in [-0.4, -0.2) is 26.9 Å². The highest BCUT2D eigenvalue weighted by Gasteiger charge is 2.23. The van der Waals surface area contributed by atoms with Crippen LogP contribution in [0.15, 0.2) is 16.6 Å². The molecule has 0 saturated carbocycles. The van der Waals surface area contributed by atoms with Crippen LogP contribution in [0, 0.1) is 0 Å². The fourth-order valence-corrected chi connectivity index (χ4v) is 2.42. The van der Waals surface area contributed by atoms with Gasteiger partial charge in [-0.05, 0) is 33.6 Å². The molecule has 1 amide bonds. The Bertz CT molecular complexity index is 438. The summed E-state index contributed by atoms with van der Waals surface area (Å²) in [6, 6.07) is 3.67. The fraction of sp³-hybridized carbons (Fsp3) is 0.417. The van der Waals surface area contributed by atoms with Gasteiger partial charge in [-0.25, -0.2) is 4.79 Å². The Balaban J connectivity index is 2.35. The van der Waals surface area contributed by atoms with Gasteiger partial charge in [0.1, 0.15) is 16.0 Å². The first-order valence-electron chi connectivity index (χ1n) is 5.50. The molecule has 0 unspecified atom stereocenters. The minimum Gasteiger partial charge on any atom is -0.495 e. The monoisotopic (exact) mass is 315 g/mol. The minimum atomic E-state index is -0.396. The SMILES string of the molecule is COc1cc([C@@H]2CCOC(=O)N2)cc(OC)c1Br. The first-order chi connectivity index (χ1) is 8.65. The van der Waals surface area contributed by atoms with Crippen LogP contribution in [0.2, 0.25) is 0 Å². The predicted molar refractivity (Wildman–Crippen MR) is 69.1 cm³/mol. The van der Waals surface area contributed by atoms with Crippen molar-refractivity contribution < 1.29 is 19.0 Å². The Labute approximate surface area is 114 Å². The molecule has 1 aliphatic rings. The van der Waals surface area contributed by atoms with Crippen LogP contribution in [0.1, 0.15) is 18.0 Å². The molecule has 0 spiro atoms. The maximum Gasteiger partial charge on any atom is 0.407 e. The number of rotatable bonds is 3. The van der Waals surface area contributed by atoms with Crippen molar-refractivity contribution in [2.24, 2.45) is 0 Å². The highest BCUT2D eigenvalue weighted by molar-refractivity contribution is 9.10. The average molecular weight is 316 g/mol. The third-order valence-electron chi connectivity index (χ3n) is 2.80. The third kappa shape index (κ3) is 2.53. The van der Waals surface area contributed by atoms with Crippen molar-refractivity contribution in [3.8, 4) is 11.5 Å². The Morgan fingerprint density at radius 2 is 1.94 bits per heavy atom. The molecule has 0 aliphatic carbocycles. The van der Waals surface area contributed by atoms with E-state index >= 15 is 0 Å². The zero-order valence-corrected chi connectivity index (χ0v) is 11.7. The number of amides is 1. The number of cyclic esters (lactones) is 1. The van der Waals surface area contributed by atoms with Crippen molar-refractivity contribution in [1.82, 2.24) is 5.32 Å². The molecular weight excluding hydrogens is 302 g/mol. The lowest BCUT2D eigenvalue weighted by Crippen LogP contribution is -2.35. The normalized spacial score (nSPS) is 18.8. The number of benzene rings is 1. The Hall–Kier alpha value is -1.43. The summed E-state index contributed by atoms with van der Waals surface area (Å²) in [6.07, 6.45) is 0.326. The first-order valence-corrected chi connectivity index (χ1v) is 6.29. The predicted octanol–water partition coefficient (Wildman–Crippen LogP) is 2.64. The molecule has 1 saturated heterocycles. The number of carbonyl (C=O) groups excluding carboxylic acids is 1. The smallest absolute Gasteiger partial charge is 0.407 e. The van der Waals surface area contributed by atoms with E-state index in [0.717, 1.165) is 16.5 Å². The number of alkyl carbamates (subject to hydrolysis) is 1. The topological polar surface area (TPSA) is 56.8 Å². The van der Waals surface area contributed by atoms with E-state index in [-0.39, 0.29) is 6.04 Å². The quantitative estimate of drug-likeness (QED) is 0.931. The highest BCUT2D eigenvalue weighted by atomic mass is 79.9. The third-order valence-corrected chi connectivity index (χ3v) is 3.58. The summed E-state index contributed by atoms with van der Waals surface area (Å²) in [7, 11) is 3.18. The van der Waals surface area contributed by atoms with Crippen molar-refractivity contribution in [3.63, 3.8) is 0 Å². The van der Waals surface area contributed by atoms with E-state index in [1.165, 1.54) is 0 Å². The van der Waals surface area contributed by atoms with Crippen molar-refractivity contribution in [3.05, 3.63) is 22.2 Å². The number of carbonyl (C=O) groups is 1. The van der Waals surface area contributed by atoms with E-state index in [9.17, 15) is 4.79 Å². The Morgan fingerprint density at radius 1 is 1.33 bits per heavy atom. The molecule has 98 valence electrons. The maximum atomic E-state index is 11.2. The van der Waals surface area contributed by atoms with Gasteiger partial charge in [0.05, 0.1) is 26.9 Å². The van der Waals surface area contributed by atoms with Crippen molar-refractivity contribution in [1.29, 1.82) is 0 Å². The summed E-state index contributed by atoms with van der Waals surface area (Å²) in [5.74, 6) is 1.34. The second kappa shape index (κ2) is 5.48. The van der Waals surface area contributed by atoms with E-state index in [4.69, 9.17) is 14.2 Å². The lowest BCUT2D eigenvalue weighted by Gasteiger charge is -2.24. The second-order valence-corrected chi connectivity index (χ2v) is 4.65. The van der Waals surface area contributed by atoms with Gasteiger partial charge in [-0.15, -0.1) is 0 Å². The molecular formula is C12H14BrNO4. The number of ether oxygens (including phenoxy) is 3. The van der Waals surface area contributed by atoms with Crippen LogP contribution in [0.5, 0.6) is 11.5 Å². The minimum absolute atomic E-state index is 0.0813. The highest BCUT2D eigenvalue weighted by Crippen LogP contribution is 2.38. The molecule has 1 atom stereocenters. The van der Waals surface area contributed by atoms with Crippen LogP contribution in [0.4, 0.5) is 4.79 Å². The summed E-state index contributed by atoms with van der Waals surface area (Å²) < 4.78 is 16.2. The van der Waals surface area contributed by atoms with Crippen molar-refractivity contribution in [2.75, 3.05) is 20.8 Å². The lowest BCUT2D eigenvalue weighted by atomic mass is 10.0. The van der Waals surface area contributed by atoms with Crippen molar-refractivity contribution >= 4 is 22.0 Å². The number of nitrogens with one attached hydrogen (secondary N) is 1. The lowest BCUT2D eigenvalue weighted by molar-refractivity contribution is 0.115. The molecule has 0 aromatic heterocycles. The van der Waals surface area contributed by atoms with Gasteiger partial charge in [0.25, 0.3) is 0 Å². The average Bonchev–Trinajstić information content (AvgIpc) is 2.39. The van der Waals surface area contributed by atoms with E-state index in [1.807, 2.05) is 12.1 Å². The molecule has 1 aromatic rings. The number of hydrogen-bond acceptors (Lipinski definition) is 4. The van der Waals surface area contributed by atoms with Gasteiger partial charge in [-0.2, -0.15) is 0 Å². The van der Waals surface area contributed by atoms with E-state index in [2.05, 4.69) is 21.2 Å². The van der Waals surface area contributed by atoms with E-state index in [1.54, 1.807) is 14.2 Å². The van der Waals surface area contributed by atoms with Gasteiger partial charge in [0, 0.05) is 6.42 Å². The van der Waals surface area contributed by atoms with Crippen LogP contribution in [0.3, 0.4) is 0 Å². The maximum absolute atomic E-state index is 11.2. The molecule has 0 radical (unpaired) electrons. The molecule has 6 heteroatoms. The van der Waals surface area contributed by atoms with Crippen molar-refractivity contribution in [2.45, 2.75) is 12.5 Å². The van der Waals surface area contributed by atoms with Crippen LogP contribution < -0.4 is 14.8 Å². The van der Waals surface area contributed by atoms with Gasteiger partial charge in [0.2, 0.25) is 0 Å². The van der Waals surface area contributed by atoms with E-state index < -0.39 is 6.09 Å². The molecule has 1 fully saturated rings. The second-order valence-electron chi connectivity index (χ2n) is 3.86. The van der Waals surface area contributed by atoms with Gasteiger partial charge in [-0.3, -0.25) is 0 Å². The van der Waals surface area contributed by atoms with Gasteiger partial charge < -0.3 is 19.5 Å². The van der Waals surface area contributed by atoms with Gasteiger partial charge in [-0.1, -0.05) is 0 Å². The van der Waals surface area contributed by atoms with Crippen LogP contribution in [-0.2, 0) is 4.74 Å². The zero-order chi connectivity index (χ0) is 13.1. The summed E-state index contributed by atoms with van der Waals surface area (Å²) >= 11 is 3.41. The summed E-state index contributed by atoms with van der Waals surface area (Å²) in [4.78, 5) is 11.2. The van der Waals surface area contributed by atoms with Gasteiger partial charge >= 0.3 is 6.09 Å². The number of hydrogen-bond donors (Lipinski definition) is 1. The van der Waals surface area contributed by atoms with Gasteiger partial charge in [0.15, 0.2) is 0 Å². The molecule has 0 bridgehead atoms. The Morgan fingerprint density at radius 3 is 2.44 bits per heavy atom. The number of methoxy groups -OCH3 is 2. The largest absolute Gasteiger partial charge is 0.495 e. The summed E-state index contributed by atoms with van der Waals surface area (Å²) in [6.45, 7) is 0.414. The molecule has 18 heavy (non-hydrogen) atoms. The summed E-state index contributed by atoms with van der Waals surface area (Å²) in [5, 5.41) is 2.77. The zero-order valence-electron chi connectivity index (χ0n) is 10.2. The summed E-state index contributed by atoms with van der Waals surface area (Å²) in [5.41, 5.74) is 0.934. The fourth-order valence-electron chi connectivity index (χ4n) is 1.87. The molecule has 1 N–H and O–H groups in total. The molecule has 5 nitrogen and oxygen atoms in total. The Kier molecular flexibility index (Phi) is 3.96. The van der Waals surface area contributed by atoms with Crippen LogP contribution >= 0.6 is 15.9 Å². The first kappa shape index (κ1) is 13.0. The van der Waals surface area contributed by atoms with E-state index in [0.29, 0.717) is 18.1 Å². The molecule has 1 aliphatic heterocycles. The number of halogens is 1.